The number of aromatic nitrogens is 1. The Bertz CT molecular complexity index is 592. The molecule has 0 aliphatic carbocycles. The molecule has 1 aromatic heterocycles. The summed E-state index contributed by atoms with van der Waals surface area (Å²) in [6, 6.07) is 5.87. The molecule has 1 aliphatic heterocycles. The fourth-order valence-electron chi connectivity index (χ4n) is 2.39. The summed E-state index contributed by atoms with van der Waals surface area (Å²) in [6.07, 6.45) is -0.514. The van der Waals surface area contributed by atoms with Crippen molar-refractivity contribution < 1.29 is 9.53 Å². The molecule has 0 spiro atoms. The number of likely N-dealkylation sites (N-methyl/N-ethyl adjacent to an activating group) is 1. The lowest BCUT2D eigenvalue weighted by Gasteiger charge is -2.34. The maximum absolute atomic E-state index is 12.1. The van der Waals surface area contributed by atoms with E-state index in [1.54, 1.807) is 20.2 Å². The predicted molar refractivity (Wildman–Crippen MR) is 83.7 cm³/mol. The van der Waals surface area contributed by atoms with Crippen molar-refractivity contribution >= 4 is 11.7 Å². The molecule has 22 heavy (non-hydrogen) atoms. The first-order chi connectivity index (χ1) is 10.4. The van der Waals surface area contributed by atoms with Crippen LogP contribution in [0.5, 0.6) is 0 Å². The van der Waals surface area contributed by atoms with Crippen LogP contribution < -0.4 is 4.90 Å². The van der Waals surface area contributed by atoms with Gasteiger partial charge in [0.2, 0.25) is 0 Å². The molecule has 1 aromatic rings. The first-order valence-electron chi connectivity index (χ1n) is 7.42. The van der Waals surface area contributed by atoms with E-state index in [0.29, 0.717) is 31.1 Å². The zero-order chi connectivity index (χ0) is 16.3. The van der Waals surface area contributed by atoms with Crippen molar-refractivity contribution in [3.63, 3.8) is 0 Å². The molecule has 1 aliphatic rings. The first-order valence-corrected chi connectivity index (χ1v) is 7.42. The molecule has 6 heteroatoms. The van der Waals surface area contributed by atoms with Gasteiger partial charge in [0.25, 0.3) is 5.91 Å². The van der Waals surface area contributed by atoms with E-state index < -0.39 is 6.10 Å². The molecule has 1 fully saturated rings. The molecule has 1 saturated heterocycles. The third kappa shape index (κ3) is 3.37. The number of carbonyl (C=O) groups is 1. The van der Waals surface area contributed by atoms with Gasteiger partial charge in [0, 0.05) is 26.3 Å². The van der Waals surface area contributed by atoms with Crippen LogP contribution in [0.3, 0.4) is 0 Å². The lowest BCUT2D eigenvalue weighted by molar-refractivity contribution is -0.141. The van der Waals surface area contributed by atoms with Crippen LogP contribution in [0.1, 0.15) is 31.0 Å². The van der Waals surface area contributed by atoms with Crippen molar-refractivity contribution in [2.75, 3.05) is 38.7 Å². The SMILES string of the molecule is CC(C)c1ccc(C#N)c(N2CCO[C@H](C(=O)N(C)C)C2)n1. The molecule has 0 bridgehead atoms. The Hall–Kier alpha value is -2.13. The van der Waals surface area contributed by atoms with Gasteiger partial charge < -0.3 is 14.5 Å². The Morgan fingerprint density at radius 1 is 1.50 bits per heavy atom. The second-order valence-electron chi connectivity index (χ2n) is 5.91. The summed E-state index contributed by atoms with van der Waals surface area (Å²) < 4.78 is 5.56. The topological polar surface area (TPSA) is 69.5 Å². The van der Waals surface area contributed by atoms with Crippen LogP contribution in [-0.2, 0) is 9.53 Å². The van der Waals surface area contributed by atoms with Crippen molar-refractivity contribution in [1.29, 1.82) is 5.26 Å². The van der Waals surface area contributed by atoms with Crippen LogP contribution in [0.2, 0.25) is 0 Å². The van der Waals surface area contributed by atoms with Crippen LogP contribution in [0.15, 0.2) is 12.1 Å². The number of nitrogens with zero attached hydrogens (tertiary/aromatic N) is 4. The number of anilines is 1. The fourth-order valence-corrected chi connectivity index (χ4v) is 2.39. The molecular weight excluding hydrogens is 280 g/mol. The summed E-state index contributed by atoms with van der Waals surface area (Å²) in [5.74, 6) is 0.864. The molecule has 0 N–H and O–H groups in total. The average Bonchev–Trinajstić information content (AvgIpc) is 2.53. The van der Waals surface area contributed by atoms with Gasteiger partial charge in [-0.3, -0.25) is 4.79 Å². The van der Waals surface area contributed by atoms with Crippen molar-refractivity contribution in [1.82, 2.24) is 9.88 Å². The van der Waals surface area contributed by atoms with E-state index in [0.717, 1.165) is 5.69 Å². The van der Waals surface area contributed by atoms with Crippen molar-refractivity contribution in [2.24, 2.45) is 0 Å². The Kier molecular flexibility index (Phi) is 4.99. The third-order valence-corrected chi connectivity index (χ3v) is 3.69. The van der Waals surface area contributed by atoms with Crippen molar-refractivity contribution in [3.05, 3.63) is 23.4 Å². The minimum atomic E-state index is -0.514. The predicted octanol–water partition coefficient (Wildman–Crippen LogP) is 1.37. The molecule has 118 valence electrons. The van der Waals surface area contributed by atoms with Gasteiger partial charge in [0.05, 0.1) is 18.7 Å². The van der Waals surface area contributed by atoms with Crippen molar-refractivity contribution in [2.45, 2.75) is 25.9 Å². The molecule has 1 amide bonds. The number of nitriles is 1. The Balaban J connectivity index is 2.28. The summed E-state index contributed by atoms with van der Waals surface area (Å²) in [7, 11) is 3.42. The molecule has 2 heterocycles. The molecule has 6 nitrogen and oxygen atoms in total. The molecular formula is C16H22N4O2. The van der Waals surface area contributed by atoms with Gasteiger partial charge in [0.15, 0.2) is 6.10 Å². The van der Waals surface area contributed by atoms with E-state index in [4.69, 9.17) is 4.74 Å². The summed E-state index contributed by atoms with van der Waals surface area (Å²) in [5.41, 5.74) is 1.47. The van der Waals surface area contributed by atoms with Gasteiger partial charge in [-0.2, -0.15) is 5.26 Å². The lowest BCUT2D eigenvalue weighted by Crippen LogP contribution is -2.50. The summed E-state index contributed by atoms with van der Waals surface area (Å²) in [6.45, 7) is 5.62. The molecule has 0 radical (unpaired) electrons. The summed E-state index contributed by atoms with van der Waals surface area (Å²) in [4.78, 5) is 20.2. The van der Waals surface area contributed by atoms with Crippen LogP contribution in [-0.4, -0.2) is 55.7 Å². The zero-order valence-electron chi connectivity index (χ0n) is 13.5. The van der Waals surface area contributed by atoms with E-state index >= 15 is 0 Å². The Morgan fingerprint density at radius 3 is 2.82 bits per heavy atom. The number of hydrogen-bond acceptors (Lipinski definition) is 5. The first kappa shape index (κ1) is 16.2. The van der Waals surface area contributed by atoms with E-state index in [1.165, 1.54) is 4.90 Å². The van der Waals surface area contributed by atoms with Gasteiger partial charge in [-0.25, -0.2) is 4.98 Å². The summed E-state index contributed by atoms with van der Waals surface area (Å²) >= 11 is 0. The molecule has 0 aromatic carbocycles. The van der Waals surface area contributed by atoms with Gasteiger partial charge in [-0.05, 0) is 18.1 Å². The molecule has 0 saturated carbocycles. The maximum atomic E-state index is 12.1. The van der Waals surface area contributed by atoms with E-state index in [1.807, 2.05) is 11.0 Å². The standard InChI is InChI=1S/C16H22N4O2/c1-11(2)13-6-5-12(9-17)15(18-13)20-7-8-22-14(10-20)16(21)19(3)4/h5-6,11,14H,7-8,10H2,1-4H3/t14-/m0/s1. The molecule has 2 rings (SSSR count). The minimum Gasteiger partial charge on any atom is -0.365 e. The maximum Gasteiger partial charge on any atom is 0.253 e. The number of rotatable bonds is 3. The second-order valence-corrected chi connectivity index (χ2v) is 5.91. The minimum absolute atomic E-state index is 0.0665. The number of carbonyl (C=O) groups excluding carboxylic acids is 1. The Morgan fingerprint density at radius 2 is 2.23 bits per heavy atom. The monoisotopic (exact) mass is 302 g/mol. The molecule has 0 unspecified atom stereocenters. The number of pyridine rings is 1. The number of hydrogen-bond donors (Lipinski definition) is 0. The fraction of sp³-hybridized carbons (Fsp3) is 0.562. The number of amides is 1. The normalized spacial score (nSPS) is 18.2. The second kappa shape index (κ2) is 6.75. The van der Waals surface area contributed by atoms with Crippen LogP contribution in [0, 0.1) is 11.3 Å². The van der Waals surface area contributed by atoms with E-state index in [-0.39, 0.29) is 11.8 Å². The highest BCUT2D eigenvalue weighted by molar-refractivity contribution is 5.81. The smallest absolute Gasteiger partial charge is 0.253 e. The van der Waals surface area contributed by atoms with E-state index in [2.05, 4.69) is 24.9 Å². The Labute approximate surface area is 131 Å². The number of morpholine rings is 1. The van der Waals surface area contributed by atoms with Gasteiger partial charge in [-0.1, -0.05) is 13.8 Å². The van der Waals surface area contributed by atoms with Crippen LogP contribution in [0.25, 0.3) is 0 Å². The largest absolute Gasteiger partial charge is 0.365 e. The average molecular weight is 302 g/mol. The van der Waals surface area contributed by atoms with Gasteiger partial charge in [0.1, 0.15) is 11.9 Å². The third-order valence-electron chi connectivity index (χ3n) is 3.69. The van der Waals surface area contributed by atoms with Gasteiger partial charge >= 0.3 is 0 Å². The highest BCUT2D eigenvalue weighted by Gasteiger charge is 2.29. The highest BCUT2D eigenvalue weighted by Crippen LogP contribution is 2.23. The van der Waals surface area contributed by atoms with Gasteiger partial charge in [-0.15, -0.1) is 0 Å². The highest BCUT2D eigenvalue weighted by atomic mass is 16.5. The van der Waals surface area contributed by atoms with Crippen molar-refractivity contribution in [3.8, 4) is 6.07 Å². The molecule has 1 atom stereocenters. The lowest BCUT2D eigenvalue weighted by atomic mass is 10.1. The number of ether oxygens (including phenoxy) is 1. The van der Waals surface area contributed by atoms with Crippen LogP contribution >= 0.6 is 0 Å². The quantitative estimate of drug-likeness (QED) is 0.843. The summed E-state index contributed by atoms with van der Waals surface area (Å²) in [5, 5.41) is 9.32. The zero-order valence-corrected chi connectivity index (χ0v) is 13.5. The van der Waals surface area contributed by atoms with Crippen LogP contribution in [0.4, 0.5) is 5.82 Å². The van der Waals surface area contributed by atoms with E-state index in [9.17, 15) is 10.1 Å².